The van der Waals surface area contributed by atoms with Crippen molar-refractivity contribution in [2.75, 3.05) is 19.6 Å². The van der Waals surface area contributed by atoms with Crippen LogP contribution < -0.4 is 5.73 Å². The maximum absolute atomic E-state index is 13.4. The highest BCUT2D eigenvalue weighted by Gasteiger charge is 2.46. The third kappa shape index (κ3) is 4.05. The molecule has 0 aliphatic carbocycles. The fourth-order valence-electron chi connectivity index (χ4n) is 4.49. The molecule has 0 radical (unpaired) electrons. The standard InChI is InChI=1S/C24H27ClN4O3/c1-15(30)28-10-8-16(9-11-28)14-29-22(32)24(2,27-23(29)26)18-5-3-4-17(12-18)20-13-19(25)6-7-21(20)31/h3-7,12-13,16,31H,8-11,14H2,1-2H3,(H2,26,27). The zero-order valence-electron chi connectivity index (χ0n) is 18.2. The Hall–Kier alpha value is -3.06. The molecule has 0 saturated carbocycles. The smallest absolute Gasteiger partial charge is 0.261 e. The summed E-state index contributed by atoms with van der Waals surface area (Å²) in [5.41, 5.74) is 7.07. The molecule has 2 aliphatic rings. The summed E-state index contributed by atoms with van der Waals surface area (Å²) >= 11 is 6.11. The summed E-state index contributed by atoms with van der Waals surface area (Å²) in [6.07, 6.45) is 1.66. The van der Waals surface area contributed by atoms with Crippen molar-refractivity contribution in [3.05, 3.63) is 53.1 Å². The van der Waals surface area contributed by atoms with Crippen LogP contribution in [0.25, 0.3) is 11.1 Å². The lowest BCUT2D eigenvalue weighted by Gasteiger charge is -2.33. The van der Waals surface area contributed by atoms with E-state index in [1.54, 1.807) is 36.9 Å². The van der Waals surface area contributed by atoms with Gasteiger partial charge in [0.25, 0.3) is 5.91 Å². The van der Waals surface area contributed by atoms with Crippen LogP contribution in [0.5, 0.6) is 5.75 Å². The van der Waals surface area contributed by atoms with E-state index >= 15 is 0 Å². The quantitative estimate of drug-likeness (QED) is 0.740. The van der Waals surface area contributed by atoms with Gasteiger partial charge < -0.3 is 15.7 Å². The highest BCUT2D eigenvalue weighted by atomic mass is 35.5. The van der Waals surface area contributed by atoms with Crippen LogP contribution in [0.4, 0.5) is 0 Å². The Balaban J connectivity index is 1.56. The topological polar surface area (TPSA) is 99.2 Å². The number of carbonyl (C=O) groups is 2. The number of aromatic hydroxyl groups is 1. The first-order valence-corrected chi connectivity index (χ1v) is 11.1. The van der Waals surface area contributed by atoms with E-state index in [0.717, 1.165) is 18.4 Å². The van der Waals surface area contributed by atoms with Gasteiger partial charge in [-0.05, 0) is 61.1 Å². The lowest BCUT2D eigenvalue weighted by molar-refractivity contribution is -0.133. The van der Waals surface area contributed by atoms with E-state index in [1.165, 1.54) is 0 Å². The maximum Gasteiger partial charge on any atom is 0.261 e. The molecular formula is C24H27ClN4O3. The predicted octanol–water partition coefficient (Wildman–Crippen LogP) is 3.34. The summed E-state index contributed by atoms with van der Waals surface area (Å²) in [5.74, 6) is 0.496. The summed E-state index contributed by atoms with van der Waals surface area (Å²) in [4.78, 5) is 33.0. The van der Waals surface area contributed by atoms with Gasteiger partial charge in [0.2, 0.25) is 5.91 Å². The number of hydrogen-bond acceptors (Lipinski definition) is 5. The van der Waals surface area contributed by atoms with Gasteiger partial charge in [-0.3, -0.25) is 14.5 Å². The second kappa shape index (κ2) is 8.47. The van der Waals surface area contributed by atoms with Crippen LogP contribution >= 0.6 is 11.6 Å². The molecule has 32 heavy (non-hydrogen) atoms. The van der Waals surface area contributed by atoms with Gasteiger partial charge in [0.15, 0.2) is 11.5 Å². The fraction of sp³-hybridized carbons (Fsp3) is 0.375. The van der Waals surface area contributed by atoms with E-state index in [2.05, 4.69) is 4.99 Å². The first kappa shape index (κ1) is 22.1. The minimum absolute atomic E-state index is 0.0833. The number of aliphatic imine (C=N–C) groups is 1. The molecule has 2 aromatic carbocycles. The minimum Gasteiger partial charge on any atom is -0.507 e. The second-order valence-corrected chi connectivity index (χ2v) is 9.09. The van der Waals surface area contributed by atoms with Crippen molar-refractivity contribution in [3.8, 4) is 16.9 Å². The van der Waals surface area contributed by atoms with E-state index < -0.39 is 5.54 Å². The Morgan fingerprint density at radius 1 is 1.25 bits per heavy atom. The number of amides is 2. The summed E-state index contributed by atoms with van der Waals surface area (Å²) in [7, 11) is 0. The van der Waals surface area contributed by atoms with Gasteiger partial charge in [0.05, 0.1) is 0 Å². The minimum atomic E-state index is -1.14. The Bertz CT molecular complexity index is 1090. The average Bonchev–Trinajstić information content (AvgIpc) is 3.00. The van der Waals surface area contributed by atoms with Crippen molar-refractivity contribution < 1.29 is 14.7 Å². The van der Waals surface area contributed by atoms with Gasteiger partial charge in [-0.1, -0.05) is 29.8 Å². The highest BCUT2D eigenvalue weighted by molar-refractivity contribution is 6.31. The first-order valence-electron chi connectivity index (χ1n) is 10.7. The monoisotopic (exact) mass is 454 g/mol. The zero-order valence-corrected chi connectivity index (χ0v) is 19.0. The highest BCUT2D eigenvalue weighted by Crippen LogP contribution is 2.38. The van der Waals surface area contributed by atoms with Crippen LogP contribution in [0.1, 0.15) is 32.3 Å². The number of benzene rings is 2. The van der Waals surface area contributed by atoms with E-state index in [0.29, 0.717) is 35.8 Å². The molecule has 0 aromatic heterocycles. The number of hydrogen-bond donors (Lipinski definition) is 2. The number of nitrogens with zero attached hydrogens (tertiary/aromatic N) is 3. The van der Waals surface area contributed by atoms with E-state index in [1.807, 2.05) is 29.2 Å². The van der Waals surface area contributed by atoms with Gasteiger partial charge in [-0.25, -0.2) is 4.99 Å². The normalized spacial score (nSPS) is 21.7. The molecule has 1 fully saturated rings. The third-order valence-electron chi connectivity index (χ3n) is 6.47. The van der Waals surface area contributed by atoms with Crippen molar-refractivity contribution in [2.24, 2.45) is 16.6 Å². The van der Waals surface area contributed by atoms with Crippen LogP contribution in [0.15, 0.2) is 47.5 Å². The Labute approximate surface area is 192 Å². The molecule has 1 saturated heterocycles. The number of guanidine groups is 1. The molecular weight excluding hydrogens is 428 g/mol. The number of phenolic OH excluding ortho intramolecular Hbond substituents is 1. The molecule has 2 amide bonds. The van der Waals surface area contributed by atoms with Crippen LogP contribution in [0.3, 0.4) is 0 Å². The number of nitrogens with two attached hydrogens (primary N) is 1. The van der Waals surface area contributed by atoms with Crippen molar-refractivity contribution in [1.82, 2.24) is 9.80 Å². The lowest BCUT2D eigenvalue weighted by atomic mass is 9.89. The summed E-state index contributed by atoms with van der Waals surface area (Å²) in [6, 6.07) is 12.2. The van der Waals surface area contributed by atoms with Gasteiger partial charge in [-0.2, -0.15) is 0 Å². The zero-order chi connectivity index (χ0) is 23.0. The number of halogens is 1. The molecule has 7 nitrogen and oxygen atoms in total. The van der Waals surface area contributed by atoms with Crippen LogP contribution in [0.2, 0.25) is 5.02 Å². The predicted molar refractivity (Wildman–Crippen MR) is 124 cm³/mol. The molecule has 8 heteroatoms. The van der Waals surface area contributed by atoms with Crippen molar-refractivity contribution >= 4 is 29.4 Å². The average molecular weight is 455 g/mol. The third-order valence-corrected chi connectivity index (χ3v) is 6.71. The van der Waals surface area contributed by atoms with E-state index in [9.17, 15) is 14.7 Å². The molecule has 1 unspecified atom stereocenters. The SMILES string of the molecule is CC(=O)N1CCC(CN2C(=O)C(C)(c3cccc(-c4cc(Cl)ccc4O)c3)N=C2N)CC1. The number of carbonyl (C=O) groups excluding carboxylic acids is 2. The maximum atomic E-state index is 13.4. The van der Waals surface area contributed by atoms with Crippen LogP contribution in [-0.2, 0) is 15.1 Å². The van der Waals surface area contributed by atoms with Gasteiger partial charge >= 0.3 is 0 Å². The second-order valence-electron chi connectivity index (χ2n) is 8.65. The Morgan fingerprint density at radius 3 is 2.66 bits per heavy atom. The molecule has 1 atom stereocenters. The summed E-state index contributed by atoms with van der Waals surface area (Å²) in [6.45, 7) is 5.22. The van der Waals surface area contributed by atoms with Crippen molar-refractivity contribution in [2.45, 2.75) is 32.2 Å². The molecule has 0 bridgehead atoms. The van der Waals surface area contributed by atoms with Crippen LogP contribution in [-0.4, -0.2) is 52.3 Å². The Morgan fingerprint density at radius 2 is 1.97 bits per heavy atom. The van der Waals surface area contributed by atoms with Crippen LogP contribution in [0, 0.1) is 5.92 Å². The molecule has 0 spiro atoms. The molecule has 4 rings (SSSR count). The van der Waals surface area contributed by atoms with Gasteiger partial charge in [-0.15, -0.1) is 0 Å². The van der Waals surface area contributed by atoms with E-state index in [4.69, 9.17) is 17.3 Å². The van der Waals surface area contributed by atoms with Crippen molar-refractivity contribution in [3.63, 3.8) is 0 Å². The molecule has 3 N–H and O–H groups in total. The summed E-state index contributed by atoms with van der Waals surface area (Å²) < 4.78 is 0. The lowest BCUT2D eigenvalue weighted by Crippen LogP contribution is -2.46. The summed E-state index contributed by atoms with van der Waals surface area (Å²) in [5, 5.41) is 10.8. The van der Waals surface area contributed by atoms with Gasteiger partial charge in [0, 0.05) is 37.1 Å². The van der Waals surface area contributed by atoms with Crippen molar-refractivity contribution in [1.29, 1.82) is 0 Å². The fourth-order valence-corrected chi connectivity index (χ4v) is 4.66. The largest absolute Gasteiger partial charge is 0.507 e. The number of likely N-dealkylation sites (tertiary alicyclic amines) is 1. The Kier molecular flexibility index (Phi) is 5.86. The molecule has 2 heterocycles. The van der Waals surface area contributed by atoms with E-state index in [-0.39, 0.29) is 29.4 Å². The molecule has 168 valence electrons. The number of phenols is 1. The van der Waals surface area contributed by atoms with Gasteiger partial charge in [0.1, 0.15) is 5.75 Å². The molecule has 2 aliphatic heterocycles. The molecule has 2 aromatic rings. The number of rotatable bonds is 4. The first-order chi connectivity index (χ1) is 15.2. The number of piperidine rings is 1.